The number of ether oxygens (including phenoxy) is 2. The van der Waals surface area contributed by atoms with Crippen molar-refractivity contribution in [1.82, 2.24) is 9.80 Å². The van der Waals surface area contributed by atoms with E-state index in [0.29, 0.717) is 44.3 Å². The maximum Gasteiger partial charge on any atom is 0.244 e. The molecule has 154 valence electrons. The van der Waals surface area contributed by atoms with Crippen molar-refractivity contribution < 1.29 is 23.9 Å². The van der Waals surface area contributed by atoms with E-state index >= 15 is 0 Å². The van der Waals surface area contributed by atoms with Gasteiger partial charge in [0.05, 0.1) is 32.6 Å². The van der Waals surface area contributed by atoms with Crippen LogP contribution in [-0.4, -0.2) is 74.0 Å². The van der Waals surface area contributed by atoms with E-state index in [9.17, 15) is 14.4 Å². The lowest BCUT2D eigenvalue weighted by Crippen LogP contribution is -2.42. The van der Waals surface area contributed by atoms with Gasteiger partial charge in [-0.25, -0.2) is 0 Å². The number of anilines is 1. The van der Waals surface area contributed by atoms with E-state index in [-0.39, 0.29) is 37.1 Å². The smallest absolute Gasteiger partial charge is 0.244 e. The first kappa shape index (κ1) is 21.7. The Hall–Kier alpha value is -2.61. The van der Waals surface area contributed by atoms with Gasteiger partial charge in [0.2, 0.25) is 17.7 Å². The number of benzene rings is 1. The molecule has 1 saturated heterocycles. The number of amides is 3. The highest BCUT2D eigenvalue weighted by molar-refractivity contribution is 5.96. The van der Waals surface area contributed by atoms with Gasteiger partial charge in [0, 0.05) is 32.5 Å². The SMILES string of the molecule is CCCN(CC(=O)Nc1ccccc1OC)C(=O)CCC(=O)N1CCOCC1. The summed E-state index contributed by atoms with van der Waals surface area (Å²) in [7, 11) is 1.53. The first-order valence-electron chi connectivity index (χ1n) is 9.61. The number of rotatable bonds is 9. The number of morpholine rings is 1. The lowest BCUT2D eigenvalue weighted by molar-refractivity contribution is -0.140. The summed E-state index contributed by atoms with van der Waals surface area (Å²) in [6, 6.07) is 7.10. The molecule has 0 atom stereocenters. The maximum atomic E-state index is 12.6. The van der Waals surface area contributed by atoms with E-state index < -0.39 is 0 Å². The molecule has 1 heterocycles. The maximum absolute atomic E-state index is 12.6. The van der Waals surface area contributed by atoms with Crippen LogP contribution in [0.4, 0.5) is 5.69 Å². The number of carbonyl (C=O) groups is 3. The average Bonchev–Trinajstić information content (AvgIpc) is 2.72. The summed E-state index contributed by atoms with van der Waals surface area (Å²) in [5.41, 5.74) is 0.557. The van der Waals surface area contributed by atoms with Crippen molar-refractivity contribution in [3.05, 3.63) is 24.3 Å². The van der Waals surface area contributed by atoms with E-state index in [0.717, 1.165) is 6.42 Å². The number of nitrogens with zero attached hydrogens (tertiary/aromatic N) is 2. The van der Waals surface area contributed by atoms with Crippen LogP contribution in [0, 0.1) is 0 Å². The van der Waals surface area contributed by atoms with Crippen molar-refractivity contribution in [3.8, 4) is 5.75 Å². The number of hydrogen-bond donors (Lipinski definition) is 1. The monoisotopic (exact) mass is 391 g/mol. The van der Waals surface area contributed by atoms with Crippen molar-refractivity contribution in [1.29, 1.82) is 0 Å². The number of nitrogens with one attached hydrogen (secondary N) is 1. The third-order valence-corrected chi connectivity index (χ3v) is 4.48. The Morgan fingerprint density at radius 2 is 1.89 bits per heavy atom. The fourth-order valence-corrected chi connectivity index (χ4v) is 3.02. The van der Waals surface area contributed by atoms with Crippen LogP contribution in [0.1, 0.15) is 26.2 Å². The van der Waals surface area contributed by atoms with E-state index in [2.05, 4.69) is 5.32 Å². The molecule has 1 fully saturated rings. The Morgan fingerprint density at radius 1 is 1.18 bits per heavy atom. The van der Waals surface area contributed by atoms with Gasteiger partial charge in [0.1, 0.15) is 5.75 Å². The van der Waals surface area contributed by atoms with Gasteiger partial charge in [-0.3, -0.25) is 14.4 Å². The van der Waals surface area contributed by atoms with Crippen LogP contribution in [0.5, 0.6) is 5.75 Å². The molecule has 0 aliphatic carbocycles. The van der Waals surface area contributed by atoms with Crippen LogP contribution < -0.4 is 10.1 Å². The van der Waals surface area contributed by atoms with Crippen LogP contribution in [-0.2, 0) is 19.1 Å². The van der Waals surface area contributed by atoms with Gasteiger partial charge in [-0.2, -0.15) is 0 Å². The number of carbonyl (C=O) groups excluding carboxylic acids is 3. The molecule has 2 rings (SSSR count). The molecule has 8 nitrogen and oxygen atoms in total. The van der Waals surface area contributed by atoms with Gasteiger partial charge in [-0.05, 0) is 18.6 Å². The molecular weight excluding hydrogens is 362 g/mol. The summed E-state index contributed by atoms with van der Waals surface area (Å²) in [6.07, 6.45) is 0.969. The zero-order valence-electron chi connectivity index (χ0n) is 16.6. The van der Waals surface area contributed by atoms with Crippen molar-refractivity contribution in [2.75, 3.05) is 51.8 Å². The molecule has 0 bridgehead atoms. The predicted molar refractivity (Wildman–Crippen MR) is 105 cm³/mol. The zero-order chi connectivity index (χ0) is 20.4. The Balaban J connectivity index is 1.87. The molecule has 0 aromatic heterocycles. The zero-order valence-corrected chi connectivity index (χ0v) is 16.6. The van der Waals surface area contributed by atoms with Gasteiger partial charge < -0.3 is 24.6 Å². The standard InChI is InChI=1S/C20H29N3O5/c1-3-10-23(15-18(24)21-16-6-4-5-7-17(16)27-2)20(26)9-8-19(25)22-11-13-28-14-12-22/h4-7H,3,8-15H2,1-2H3,(H,21,24). The van der Waals surface area contributed by atoms with Crippen LogP contribution in [0.3, 0.4) is 0 Å². The largest absolute Gasteiger partial charge is 0.495 e. The van der Waals surface area contributed by atoms with E-state index in [1.54, 1.807) is 23.1 Å². The minimum atomic E-state index is -0.300. The molecule has 8 heteroatoms. The lowest BCUT2D eigenvalue weighted by atomic mass is 10.2. The van der Waals surface area contributed by atoms with Gasteiger partial charge >= 0.3 is 0 Å². The average molecular weight is 391 g/mol. The van der Waals surface area contributed by atoms with Gasteiger partial charge in [-0.1, -0.05) is 19.1 Å². The minimum absolute atomic E-state index is 0.0495. The van der Waals surface area contributed by atoms with Crippen molar-refractivity contribution in [2.24, 2.45) is 0 Å². The summed E-state index contributed by atoms with van der Waals surface area (Å²) in [5, 5.41) is 2.77. The van der Waals surface area contributed by atoms with Crippen molar-refractivity contribution >= 4 is 23.4 Å². The third-order valence-electron chi connectivity index (χ3n) is 4.48. The second kappa shape index (κ2) is 11.3. The highest BCUT2D eigenvalue weighted by Crippen LogP contribution is 2.22. The fraction of sp³-hybridized carbons (Fsp3) is 0.550. The normalized spacial score (nSPS) is 13.7. The van der Waals surface area contributed by atoms with Gasteiger partial charge in [0.25, 0.3) is 0 Å². The summed E-state index contributed by atoms with van der Waals surface area (Å²) < 4.78 is 10.5. The van der Waals surface area contributed by atoms with E-state index in [4.69, 9.17) is 9.47 Å². The summed E-state index contributed by atoms with van der Waals surface area (Å²) in [4.78, 5) is 40.4. The molecular formula is C20H29N3O5. The second-order valence-corrected chi connectivity index (χ2v) is 6.56. The fourth-order valence-electron chi connectivity index (χ4n) is 3.02. The Bertz CT molecular complexity index is 674. The molecule has 0 unspecified atom stereocenters. The Kier molecular flexibility index (Phi) is 8.74. The first-order chi connectivity index (χ1) is 13.5. The molecule has 0 saturated carbocycles. The van der Waals surface area contributed by atoms with Crippen molar-refractivity contribution in [2.45, 2.75) is 26.2 Å². The highest BCUT2D eigenvalue weighted by atomic mass is 16.5. The quantitative estimate of drug-likeness (QED) is 0.689. The third kappa shape index (κ3) is 6.53. The molecule has 0 radical (unpaired) electrons. The number of hydrogen-bond acceptors (Lipinski definition) is 5. The van der Waals surface area contributed by atoms with Crippen LogP contribution in [0.25, 0.3) is 0 Å². The predicted octanol–water partition coefficient (Wildman–Crippen LogP) is 1.51. The van der Waals surface area contributed by atoms with E-state index in [1.807, 2.05) is 13.0 Å². The molecule has 28 heavy (non-hydrogen) atoms. The molecule has 1 aliphatic heterocycles. The van der Waals surface area contributed by atoms with Crippen LogP contribution in [0.15, 0.2) is 24.3 Å². The molecule has 0 spiro atoms. The molecule has 1 aromatic rings. The Morgan fingerprint density at radius 3 is 2.57 bits per heavy atom. The van der Waals surface area contributed by atoms with E-state index in [1.165, 1.54) is 12.0 Å². The highest BCUT2D eigenvalue weighted by Gasteiger charge is 2.21. The lowest BCUT2D eigenvalue weighted by Gasteiger charge is -2.27. The van der Waals surface area contributed by atoms with Crippen molar-refractivity contribution in [3.63, 3.8) is 0 Å². The molecule has 1 aliphatic rings. The molecule has 1 N–H and O–H groups in total. The summed E-state index contributed by atoms with van der Waals surface area (Å²) >= 11 is 0. The number of methoxy groups -OCH3 is 1. The molecule has 1 aromatic carbocycles. The first-order valence-corrected chi connectivity index (χ1v) is 9.61. The van der Waals surface area contributed by atoms with Crippen LogP contribution in [0.2, 0.25) is 0 Å². The Labute approximate surface area is 165 Å². The molecule has 3 amide bonds. The van der Waals surface area contributed by atoms with Crippen LogP contribution >= 0.6 is 0 Å². The second-order valence-electron chi connectivity index (χ2n) is 6.56. The summed E-state index contributed by atoms with van der Waals surface area (Å²) in [5.74, 6) is 0.0105. The van der Waals surface area contributed by atoms with Gasteiger partial charge in [0.15, 0.2) is 0 Å². The minimum Gasteiger partial charge on any atom is -0.495 e. The van der Waals surface area contributed by atoms with Gasteiger partial charge in [-0.15, -0.1) is 0 Å². The number of para-hydroxylation sites is 2. The summed E-state index contributed by atoms with van der Waals surface area (Å²) in [6.45, 7) is 4.53. The topological polar surface area (TPSA) is 88.2 Å².